The zero-order chi connectivity index (χ0) is 25.0. The standard InChI is InChI=1S/C20H12ClF3N4O6/c21-16-9-13(27(30)31)3-5-15(16)18-6-4-14(34-18)10-25-26-19(29)7-11-1-2-12(20(22,23)24)8-17(11)28(32)33/h1-6,8-10H,7H2,(H,26,29)/b25-10+. The van der Waals surface area contributed by atoms with Gasteiger partial charge in [0.05, 0.1) is 33.1 Å². The quantitative estimate of drug-likeness (QED) is 0.273. The zero-order valence-electron chi connectivity index (χ0n) is 16.7. The van der Waals surface area contributed by atoms with Gasteiger partial charge in [0, 0.05) is 29.3 Å². The van der Waals surface area contributed by atoms with E-state index in [0.717, 1.165) is 18.3 Å². The van der Waals surface area contributed by atoms with Gasteiger partial charge in [0.15, 0.2) is 0 Å². The Morgan fingerprint density at radius 1 is 1.09 bits per heavy atom. The smallest absolute Gasteiger partial charge is 0.416 e. The molecule has 1 heterocycles. The molecule has 0 spiro atoms. The van der Waals surface area contributed by atoms with Crippen molar-refractivity contribution in [3.05, 3.63) is 90.7 Å². The molecule has 0 aliphatic heterocycles. The molecule has 176 valence electrons. The SMILES string of the molecule is O=C(Cc1ccc(C(F)(F)F)cc1[N+](=O)[O-])N/N=C/c1ccc(-c2ccc([N+](=O)[O-])cc2Cl)o1. The minimum atomic E-state index is -4.77. The van der Waals surface area contributed by atoms with Gasteiger partial charge in [-0.25, -0.2) is 5.43 Å². The van der Waals surface area contributed by atoms with E-state index in [1.807, 2.05) is 0 Å². The van der Waals surface area contributed by atoms with Crippen LogP contribution in [0.3, 0.4) is 0 Å². The Kier molecular flexibility index (Phi) is 6.96. The number of alkyl halides is 3. The second-order valence-corrected chi connectivity index (χ2v) is 7.10. The zero-order valence-corrected chi connectivity index (χ0v) is 17.5. The van der Waals surface area contributed by atoms with E-state index in [9.17, 15) is 38.2 Å². The van der Waals surface area contributed by atoms with Gasteiger partial charge in [0.2, 0.25) is 5.91 Å². The average Bonchev–Trinajstić information content (AvgIpc) is 3.21. The Bertz CT molecular complexity index is 1310. The highest BCUT2D eigenvalue weighted by Gasteiger charge is 2.33. The van der Waals surface area contributed by atoms with Gasteiger partial charge in [-0.05, 0) is 24.3 Å². The molecule has 0 bridgehead atoms. The highest BCUT2D eigenvalue weighted by atomic mass is 35.5. The molecule has 0 unspecified atom stereocenters. The second kappa shape index (κ2) is 9.70. The molecule has 1 amide bonds. The summed E-state index contributed by atoms with van der Waals surface area (Å²) in [4.78, 5) is 32.3. The molecule has 0 radical (unpaired) electrons. The van der Waals surface area contributed by atoms with Crippen molar-refractivity contribution < 1.29 is 32.2 Å². The molecule has 10 nitrogen and oxygen atoms in total. The lowest BCUT2D eigenvalue weighted by Crippen LogP contribution is -2.20. The molecule has 0 atom stereocenters. The van der Waals surface area contributed by atoms with Gasteiger partial charge >= 0.3 is 6.18 Å². The molecule has 3 rings (SSSR count). The van der Waals surface area contributed by atoms with E-state index in [-0.39, 0.29) is 27.8 Å². The Balaban J connectivity index is 1.67. The number of nitrogens with zero attached hydrogens (tertiary/aromatic N) is 3. The van der Waals surface area contributed by atoms with E-state index >= 15 is 0 Å². The van der Waals surface area contributed by atoms with Crippen LogP contribution in [0.5, 0.6) is 0 Å². The maximum atomic E-state index is 12.8. The van der Waals surface area contributed by atoms with Crippen LogP contribution in [0.1, 0.15) is 16.9 Å². The number of carbonyl (C=O) groups is 1. The monoisotopic (exact) mass is 496 g/mol. The van der Waals surface area contributed by atoms with Gasteiger partial charge < -0.3 is 4.42 Å². The van der Waals surface area contributed by atoms with Crippen molar-refractivity contribution in [3.8, 4) is 11.3 Å². The molecule has 3 aromatic rings. The van der Waals surface area contributed by atoms with Gasteiger partial charge in [0.1, 0.15) is 11.5 Å². The maximum absolute atomic E-state index is 12.8. The third kappa shape index (κ3) is 5.75. The van der Waals surface area contributed by atoms with Gasteiger partial charge in [-0.15, -0.1) is 0 Å². The number of furan rings is 1. The number of nitro groups is 2. The molecule has 0 saturated heterocycles. The number of carbonyl (C=O) groups excluding carboxylic acids is 1. The van der Waals surface area contributed by atoms with Crippen LogP contribution >= 0.6 is 11.6 Å². The Labute approximate surface area is 192 Å². The van der Waals surface area contributed by atoms with E-state index in [0.29, 0.717) is 17.7 Å². The van der Waals surface area contributed by atoms with Crippen molar-refractivity contribution in [3.63, 3.8) is 0 Å². The molecule has 1 aromatic heterocycles. The fourth-order valence-electron chi connectivity index (χ4n) is 2.82. The summed E-state index contributed by atoms with van der Waals surface area (Å²) < 4.78 is 43.8. The largest absolute Gasteiger partial charge is 0.455 e. The summed E-state index contributed by atoms with van der Waals surface area (Å²) in [6.45, 7) is 0. The highest BCUT2D eigenvalue weighted by molar-refractivity contribution is 6.33. The van der Waals surface area contributed by atoms with Crippen LogP contribution in [0, 0.1) is 20.2 Å². The number of nitro benzene ring substituents is 2. The summed E-state index contributed by atoms with van der Waals surface area (Å²) in [7, 11) is 0. The van der Waals surface area contributed by atoms with E-state index in [2.05, 4.69) is 10.5 Å². The van der Waals surface area contributed by atoms with Crippen molar-refractivity contribution in [1.82, 2.24) is 5.43 Å². The first-order valence-electron chi connectivity index (χ1n) is 9.16. The lowest BCUT2D eigenvalue weighted by atomic mass is 10.1. The number of hydrogen-bond acceptors (Lipinski definition) is 7. The van der Waals surface area contributed by atoms with E-state index < -0.39 is 39.6 Å². The third-order valence-corrected chi connectivity index (χ3v) is 4.71. The number of non-ortho nitro benzene ring substituents is 1. The van der Waals surface area contributed by atoms with Crippen LogP contribution in [0.4, 0.5) is 24.5 Å². The molecule has 2 aromatic carbocycles. The number of halogens is 4. The lowest BCUT2D eigenvalue weighted by molar-refractivity contribution is -0.385. The highest BCUT2D eigenvalue weighted by Crippen LogP contribution is 2.33. The average molecular weight is 497 g/mol. The summed E-state index contributed by atoms with van der Waals surface area (Å²) in [6, 6.07) is 8.67. The molecular formula is C20H12ClF3N4O6. The minimum absolute atomic E-state index is 0.0819. The van der Waals surface area contributed by atoms with Crippen molar-refractivity contribution in [2.45, 2.75) is 12.6 Å². The number of hydrazone groups is 1. The number of hydrogen-bond donors (Lipinski definition) is 1. The molecule has 0 aliphatic rings. The third-order valence-electron chi connectivity index (χ3n) is 4.40. The summed E-state index contributed by atoms with van der Waals surface area (Å²) in [5.41, 5.74) is 0.00783. The first kappa shape index (κ1) is 24.4. The molecule has 34 heavy (non-hydrogen) atoms. The molecular weight excluding hydrogens is 485 g/mol. The van der Waals surface area contributed by atoms with E-state index in [1.54, 1.807) is 0 Å². The predicted octanol–water partition coefficient (Wildman–Crippen LogP) is 5.13. The normalized spacial score (nSPS) is 11.5. The minimum Gasteiger partial charge on any atom is -0.455 e. The van der Waals surface area contributed by atoms with Crippen LogP contribution in [0.15, 0.2) is 58.0 Å². The summed E-state index contributed by atoms with van der Waals surface area (Å²) in [6.07, 6.45) is -4.24. The molecule has 14 heteroatoms. The number of nitrogens with one attached hydrogen (secondary N) is 1. The van der Waals surface area contributed by atoms with Gasteiger partial charge in [0.25, 0.3) is 11.4 Å². The predicted molar refractivity (Wildman–Crippen MR) is 113 cm³/mol. The Morgan fingerprint density at radius 3 is 2.44 bits per heavy atom. The number of rotatable bonds is 7. The van der Waals surface area contributed by atoms with Gasteiger partial charge in [-0.3, -0.25) is 25.0 Å². The summed E-state index contributed by atoms with van der Waals surface area (Å²) in [5.74, 6) is -0.373. The molecule has 1 N–H and O–H groups in total. The first-order chi connectivity index (χ1) is 16.0. The Hall–Kier alpha value is -4.26. The number of benzene rings is 2. The van der Waals surface area contributed by atoms with Crippen LogP contribution in [0.25, 0.3) is 11.3 Å². The van der Waals surface area contributed by atoms with Crippen LogP contribution < -0.4 is 5.43 Å². The molecule has 0 aliphatic carbocycles. The summed E-state index contributed by atoms with van der Waals surface area (Å²) >= 11 is 6.04. The van der Waals surface area contributed by atoms with Crippen molar-refractivity contribution in [2.24, 2.45) is 5.10 Å². The second-order valence-electron chi connectivity index (χ2n) is 6.69. The van der Waals surface area contributed by atoms with Crippen LogP contribution in [0.2, 0.25) is 5.02 Å². The Morgan fingerprint density at radius 2 is 1.82 bits per heavy atom. The van der Waals surface area contributed by atoms with Crippen molar-refractivity contribution in [1.29, 1.82) is 0 Å². The summed E-state index contributed by atoms with van der Waals surface area (Å²) in [5, 5.41) is 25.6. The number of amides is 1. The van der Waals surface area contributed by atoms with Gasteiger partial charge in [-0.1, -0.05) is 17.7 Å². The lowest BCUT2D eigenvalue weighted by Gasteiger charge is -2.08. The van der Waals surface area contributed by atoms with Gasteiger partial charge in [-0.2, -0.15) is 18.3 Å². The first-order valence-corrected chi connectivity index (χ1v) is 9.54. The van der Waals surface area contributed by atoms with Crippen molar-refractivity contribution in [2.75, 3.05) is 0 Å². The van der Waals surface area contributed by atoms with E-state index in [4.69, 9.17) is 16.0 Å². The fraction of sp³-hybridized carbons (Fsp3) is 0.100. The molecule has 0 saturated carbocycles. The van der Waals surface area contributed by atoms with E-state index in [1.165, 1.54) is 24.3 Å². The molecule has 0 fully saturated rings. The maximum Gasteiger partial charge on any atom is 0.416 e. The van der Waals surface area contributed by atoms with Crippen molar-refractivity contribution >= 4 is 35.1 Å². The van der Waals surface area contributed by atoms with Crippen LogP contribution in [-0.2, 0) is 17.4 Å². The topological polar surface area (TPSA) is 141 Å². The van der Waals surface area contributed by atoms with Crippen LogP contribution in [-0.4, -0.2) is 22.0 Å². The fourth-order valence-corrected chi connectivity index (χ4v) is 3.09.